The van der Waals surface area contributed by atoms with Gasteiger partial charge in [0, 0.05) is 5.56 Å². The molecule has 0 aliphatic carbocycles. The highest BCUT2D eigenvalue weighted by Crippen LogP contribution is 2.09. The number of benzene rings is 1. The molecule has 0 atom stereocenters. The Kier molecular flexibility index (Phi) is 2.69. The maximum Gasteiger partial charge on any atom is 0.181 e. The fraction of sp³-hybridized carbons (Fsp3) is 0.222. The standard InChI is InChI=1S/C9H11NO2/c1-10(11)7-8-3-5-9(12-2)6-4-8/h3-7H,1-2H3/b10-7+. The molecule has 0 bridgehead atoms. The zero-order chi connectivity index (χ0) is 8.97. The van der Waals surface area contributed by atoms with Gasteiger partial charge in [-0.1, -0.05) is 0 Å². The smallest absolute Gasteiger partial charge is 0.181 e. The largest absolute Gasteiger partial charge is 0.624 e. The molecule has 0 unspecified atom stereocenters. The van der Waals surface area contributed by atoms with Gasteiger partial charge in [0.25, 0.3) is 0 Å². The Hall–Kier alpha value is -1.51. The predicted octanol–water partition coefficient (Wildman–Crippen LogP) is 1.25. The van der Waals surface area contributed by atoms with Gasteiger partial charge in [-0.25, -0.2) is 4.74 Å². The molecule has 0 saturated carbocycles. The molecule has 1 rings (SSSR count). The normalized spacial score (nSPS) is 11.3. The van der Waals surface area contributed by atoms with Crippen molar-refractivity contribution in [3.8, 4) is 5.75 Å². The molecule has 64 valence electrons. The second-order valence-corrected chi connectivity index (χ2v) is 2.45. The summed E-state index contributed by atoms with van der Waals surface area (Å²) in [5, 5.41) is 10.6. The van der Waals surface area contributed by atoms with Crippen LogP contribution in [0, 0.1) is 5.21 Å². The average Bonchev–Trinajstić information content (AvgIpc) is 2.05. The molecule has 0 N–H and O–H groups in total. The number of hydrogen-bond donors (Lipinski definition) is 0. The van der Waals surface area contributed by atoms with E-state index >= 15 is 0 Å². The van der Waals surface area contributed by atoms with Crippen LogP contribution < -0.4 is 4.74 Å². The maximum atomic E-state index is 10.6. The molecule has 0 amide bonds. The molecule has 3 nitrogen and oxygen atoms in total. The second-order valence-electron chi connectivity index (χ2n) is 2.45. The number of hydrogen-bond acceptors (Lipinski definition) is 2. The molecular formula is C9H11NO2. The van der Waals surface area contributed by atoms with Crippen molar-refractivity contribution in [1.82, 2.24) is 0 Å². The quantitative estimate of drug-likeness (QED) is 0.286. The lowest BCUT2D eigenvalue weighted by molar-refractivity contribution is -0.416. The molecule has 12 heavy (non-hydrogen) atoms. The number of ether oxygens (including phenoxy) is 1. The zero-order valence-corrected chi connectivity index (χ0v) is 7.15. The van der Waals surface area contributed by atoms with Crippen LogP contribution in [-0.4, -0.2) is 25.1 Å². The van der Waals surface area contributed by atoms with Crippen molar-refractivity contribution >= 4 is 6.21 Å². The fourth-order valence-corrected chi connectivity index (χ4v) is 0.900. The van der Waals surface area contributed by atoms with Crippen LogP contribution in [0.2, 0.25) is 0 Å². The Morgan fingerprint density at radius 3 is 2.33 bits per heavy atom. The van der Waals surface area contributed by atoms with E-state index in [0.717, 1.165) is 16.1 Å². The Bertz CT molecular complexity index is 273. The van der Waals surface area contributed by atoms with Crippen LogP contribution in [0.15, 0.2) is 24.3 Å². The van der Waals surface area contributed by atoms with Gasteiger partial charge in [-0.3, -0.25) is 0 Å². The van der Waals surface area contributed by atoms with Gasteiger partial charge in [-0.2, -0.15) is 0 Å². The third-order valence-electron chi connectivity index (χ3n) is 1.45. The van der Waals surface area contributed by atoms with E-state index in [1.807, 2.05) is 24.3 Å². The third-order valence-corrected chi connectivity index (χ3v) is 1.45. The summed E-state index contributed by atoms with van der Waals surface area (Å²) in [4.78, 5) is 0. The highest BCUT2D eigenvalue weighted by molar-refractivity contribution is 5.75. The minimum absolute atomic E-state index is 0.766. The van der Waals surface area contributed by atoms with Gasteiger partial charge in [-0.05, 0) is 24.3 Å². The molecular weight excluding hydrogens is 154 g/mol. The molecule has 0 aliphatic rings. The summed E-state index contributed by atoms with van der Waals surface area (Å²) in [5.74, 6) is 0.792. The van der Waals surface area contributed by atoms with Gasteiger partial charge in [0.2, 0.25) is 0 Å². The first-order valence-electron chi connectivity index (χ1n) is 3.61. The number of nitrogens with zero attached hydrogens (tertiary/aromatic N) is 1. The molecule has 3 heteroatoms. The molecule has 0 heterocycles. The van der Waals surface area contributed by atoms with Gasteiger partial charge < -0.3 is 9.94 Å². The van der Waals surface area contributed by atoms with E-state index in [2.05, 4.69) is 0 Å². The molecule has 0 radical (unpaired) electrons. The van der Waals surface area contributed by atoms with Crippen LogP contribution in [0.4, 0.5) is 0 Å². The van der Waals surface area contributed by atoms with Crippen LogP contribution in [-0.2, 0) is 0 Å². The van der Waals surface area contributed by atoms with Crippen molar-refractivity contribution in [3.63, 3.8) is 0 Å². The van der Waals surface area contributed by atoms with Gasteiger partial charge in [0.15, 0.2) is 6.21 Å². The van der Waals surface area contributed by atoms with Crippen LogP contribution in [0.5, 0.6) is 5.75 Å². The third kappa shape index (κ3) is 2.27. The molecule has 0 saturated heterocycles. The van der Waals surface area contributed by atoms with Gasteiger partial charge in [-0.15, -0.1) is 0 Å². The minimum Gasteiger partial charge on any atom is -0.624 e. The maximum absolute atomic E-state index is 10.6. The van der Waals surface area contributed by atoms with Crippen molar-refractivity contribution in [2.45, 2.75) is 0 Å². The van der Waals surface area contributed by atoms with E-state index in [1.54, 1.807) is 7.11 Å². The molecule has 0 aliphatic heterocycles. The lowest BCUT2D eigenvalue weighted by atomic mass is 10.2. The van der Waals surface area contributed by atoms with Gasteiger partial charge in [0.1, 0.15) is 12.8 Å². The molecule has 1 aromatic carbocycles. The molecule has 1 aromatic rings. The highest BCUT2D eigenvalue weighted by Gasteiger charge is 1.92. The molecule has 0 fully saturated rings. The lowest BCUT2D eigenvalue weighted by Gasteiger charge is -1.98. The summed E-state index contributed by atoms with van der Waals surface area (Å²) in [6.45, 7) is 0. The highest BCUT2D eigenvalue weighted by atomic mass is 16.5. The van der Waals surface area contributed by atoms with Crippen molar-refractivity contribution in [1.29, 1.82) is 0 Å². The van der Waals surface area contributed by atoms with E-state index in [-0.39, 0.29) is 0 Å². The lowest BCUT2D eigenvalue weighted by Crippen LogP contribution is -1.97. The van der Waals surface area contributed by atoms with E-state index < -0.39 is 0 Å². The minimum atomic E-state index is 0.766. The summed E-state index contributed by atoms with van der Waals surface area (Å²) in [5.41, 5.74) is 0.869. The van der Waals surface area contributed by atoms with Crippen molar-refractivity contribution in [2.75, 3.05) is 14.2 Å². The van der Waals surface area contributed by atoms with E-state index in [4.69, 9.17) is 4.74 Å². The van der Waals surface area contributed by atoms with Crippen LogP contribution in [0.3, 0.4) is 0 Å². The fourth-order valence-electron chi connectivity index (χ4n) is 0.900. The van der Waals surface area contributed by atoms with E-state index in [1.165, 1.54) is 13.3 Å². The monoisotopic (exact) mass is 165 g/mol. The topological polar surface area (TPSA) is 35.3 Å². The number of hydroxylamine groups is 1. The van der Waals surface area contributed by atoms with E-state index in [0.29, 0.717) is 0 Å². The Morgan fingerprint density at radius 1 is 1.33 bits per heavy atom. The van der Waals surface area contributed by atoms with Crippen molar-refractivity contribution in [2.24, 2.45) is 0 Å². The first kappa shape index (κ1) is 8.59. The summed E-state index contributed by atoms with van der Waals surface area (Å²) >= 11 is 0. The molecule has 0 spiro atoms. The summed E-state index contributed by atoms with van der Waals surface area (Å²) < 4.78 is 5.73. The van der Waals surface area contributed by atoms with Crippen molar-refractivity contribution in [3.05, 3.63) is 35.0 Å². The van der Waals surface area contributed by atoms with Gasteiger partial charge in [0.05, 0.1) is 7.11 Å². The summed E-state index contributed by atoms with van der Waals surface area (Å²) in [6.07, 6.45) is 1.50. The number of methoxy groups -OCH3 is 1. The Balaban J connectivity index is 2.85. The number of rotatable bonds is 2. The van der Waals surface area contributed by atoms with E-state index in [9.17, 15) is 5.21 Å². The van der Waals surface area contributed by atoms with Crippen LogP contribution >= 0.6 is 0 Å². The first-order valence-corrected chi connectivity index (χ1v) is 3.61. The zero-order valence-electron chi connectivity index (χ0n) is 7.15. The second kappa shape index (κ2) is 3.76. The Morgan fingerprint density at radius 2 is 1.92 bits per heavy atom. The van der Waals surface area contributed by atoms with Gasteiger partial charge >= 0.3 is 0 Å². The predicted molar refractivity (Wildman–Crippen MR) is 47.7 cm³/mol. The Labute approximate surface area is 71.5 Å². The summed E-state index contributed by atoms with van der Waals surface area (Å²) in [7, 11) is 3.06. The SMILES string of the molecule is COc1ccc(/C=[N+](\C)[O-])cc1. The van der Waals surface area contributed by atoms with Crippen molar-refractivity contribution < 1.29 is 9.48 Å². The first-order chi connectivity index (χ1) is 5.72. The van der Waals surface area contributed by atoms with Crippen LogP contribution in [0.1, 0.15) is 5.56 Å². The molecule has 0 aromatic heterocycles. The average molecular weight is 165 g/mol. The van der Waals surface area contributed by atoms with Crippen LogP contribution in [0.25, 0.3) is 0 Å². The summed E-state index contributed by atoms with van der Waals surface area (Å²) in [6, 6.07) is 7.28.